The number of rotatable bonds is 1. The summed E-state index contributed by atoms with van der Waals surface area (Å²) in [5, 5.41) is 4.59. The highest BCUT2D eigenvalue weighted by molar-refractivity contribution is 5.60. The molecule has 0 aromatic heterocycles. The molecule has 1 aromatic carbocycles. The van der Waals surface area contributed by atoms with Crippen LogP contribution >= 0.6 is 0 Å². The molecule has 2 aliphatic rings. The first-order valence-electron chi connectivity index (χ1n) is 5.77. The molecule has 1 heterocycles. The van der Waals surface area contributed by atoms with Crippen LogP contribution in [0.15, 0.2) is 24.3 Å². The van der Waals surface area contributed by atoms with Crippen molar-refractivity contribution in [2.45, 2.75) is 24.7 Å². The maximum Gasteiger partial charge on any atom is 0.0559 e. The topological polar surface area (TPSA) is 6.48 Å². The Labute approximate surface area is 91.5 Å². The van der Waals surface area contributed by atoms with Gasteiger partial charge in [-0.1, -0.05) is 18.2 Å². The molecule has 0 amide bonds. The molecule has 1 fully saturated rings. The Morgan fingerprint density at radius 2 is 1.87 bits per heavy atom. The van der Waals surface area contributed by atoms with E-state index in [1.54, 1.807) is 5.56 Å². The zero-order valence-electron chi connectivity index (χ0n) is 9.53. The van der Waals surface area contributed by atoms with Gasteiger partial charge in [-0.05, 0) is 36.3 Å². The fourth-order valence-corrected chi connectivity index (χ4v) is 2.81. The van der Waals surface area contributed by atoms with Crippen LogP contribution in [0.2, 0.25) is 0 Å². The third-order valence-electron chi connectivity index (χ3n) is 3.89. The maximum atomic E-state index is 2.39. The van der Waals surface area contributed by atoms with Crippen molar-refractivity contribution in [2.75, 3.05) is 25.6 Å². The van der Waals surface area contributed by atoms with Crippen molar-refractivity contribution in [1.29, 1.82) is 0 Å². The molecule has 1 aromatic rings. The van der Waals surface area contributed by atoms with Gasteiger partial charge in [0.25, 0.3) is 0 Å². The van der Waals surface area contributed by atoms with Crippen LogP contribution in [-0.2, 0) is 5.41 Å². The molecule has 1 spiro atoms. The summed E-state index contributed by atoms with van der Waals surface area (Å²) >= 11 is 0. The monoisotopic (exact) mass is 202 g/mol. The van der Waals surface area contributed by atoms with Crippen molar-refractivity contribution in [3.8, 4) is 0 Å². The minimum atomic E-state index is 0.559. The number of hydrazine groups is 1. The summed E-state index contributed by atoms with van der Waals surface area (Å²) in [6.07, 6.45) is 4.11. The molecule has 0 saturated heterocycles. The predicted molar refractivity (Wildman–Crippen MR) is 63.0 cm³/mol. The van der Waals surface area contributed by atoms with Gasteiger partial charge in [0.05, 0.1) is 5.69 Å². The smallest absolute Gasteiger partial charge is 0.0559 e. The maximum absolute atomic E-state index is 2.39. The van der Waals surface area contributed by atoms with E-state index in [9.17, 15) is 0 Å². The molecule has 1 aliphatic heterocycles. The molecule has 0 unspecified atom stereocenters. The number of nitrogens with zero attached hydrogens (tertiary/aromatic N) is 2. The van der Waals surface area contributed by atoms with E-state index in [-0.39, 0.29) is 0 Å². The number of para-hydroxylation sites is 1. The Morgan fingerprint density at radius 1 is 1.13 bits per heavy atom. The molecule has 0 atom stereocenters. The van der Waals surface area contributed by atoms with E-state index >= 15 is 0 Å². The van der Waals surface area contributed by atoms with Gasteiger partial charge >= 0.3 is 0 Å². The SMILES string of the molecule is CN(C)N1CCC2(CC2)c2ccccc21. The lowest BCUT2D eigenvalue weighted by Crippen LogP contribution is -2.43. The molecule has 0 N–H and O–H groups in total. The van der Waals surface area contributed by atoms with E-state index in [1.165, 1.54) is 31.5 Å². The van der Waals surface area contributed by atoms with Gasteiger partial charge in [-0.25, -0.2) is 5.01 Å². The molecule has 1 saturated carbocycles. The van der Waals surface area contributed by atoms with Crippen molar-refractivity contribution in [3.63, 3.8) is 0 Å². The second-order valence-corrected chi connectivity index (χ2v) is 5.02. The van der Waals surface area contributed by atoms with Crippen LogP contribution in [0.3, 0.4) is 0 Å². The standard InChI is InChI=1S/C13H18N2/c1-14(2)15-10-9-13(7-8-13)11-5-3-4-6-12(11)15/h3-6H,7-10H2,1-2H3. The Morgan fingerprint density at radius 3 is 2.53 bits per heavy atom. The highest BCUT2D eigenvalue weighted by Crippen LogP contribution is 2.56. The molecule has 0 bridgehead atoms. The highest BCUT2D eigenvalue weighted by atomic mass is 15.6. The molecule has 3 rings (SSSR count). The van der Waals surface area contributed by atoms with Crippen LogP contribution < -0.4 is 5.01 Å². The Balaban J connectivity index is 2.08. The molecule has 0 radical (unpaired) electrons. The van der Waals surface area contributed by atoms with Gasteiger partial charge in [0.1, 0.15) is 0 Å². The van der Waals surface area contributed by atoms with Crippen molar-refractivity contribution >= 4 is 5.69 Å². The minimum Gasteiger partial charge on any atom is -0.306 e. The summed E-state index contributed by atoms with van der Waals surface area (Å²) in [6.45, 7) is 1.17. The lowest BCUT2D eigenvalue weighted by Gasteiger charge is -2.39. The molecule has 2 heteroatoms. The first kappa shape index (κ1) is 9.22. The fourth-order valence-electron chi connectivity index (χ4n) is 2.81. The van der Waals surface area contributed by atoms with E-state index in [2.05, 4.69) is 48.4 Å². The van der Waals surface area contributed by atoms with Gasteiger partial charge in [0.2, 0.25) is 0 Å². The van der Waals surface area contributed by atoms with E-state index in [4.69, 9.17) is 0 Å². The van der Waals surface area contributed by atoms with Crippen molar-refractivity contribution in [1.82, 2.24) is 5.01 Å². The summed E-state index contributed by atoms with van der Waals surface area (Å²) in [6, 6.07) is 8.90. The summed E-state index contributed by atoms with van der Waals surface area (Å²) < 4.78 is 0. The molecule has 1 aliphatic carbocycles. The summed E-state index contributed by atoms with van der Waals surface area (Å²) in [5.41, 5.74) is 3.56. The van der Waals surface area contributed by atoms with Gasteiger partial charge < -0.3 is 5.01 Å². The van der Waals surface area contributed by atoms with Crippen LogP contribution in [0.5, 0.6) is 0 Å². The van der Waals surface area contributed by atoms with Crippen LogP contribution in [0.1, 0.15) is 24.8 Å². The predicted octanol–water partition coefficient (Wildman–Crippen LogP) is 2.40. The average Bonchev–Trinajstić information content (AvgIpc) is 2.99. The molecular formula is C13H18N2. The lowest BCUT2D eigenvalue weighted by atomic mass is 9.87. The zero-order chi connectivity index (χ0) is 10.5. The summed E-state index contributed by atoms with van der Waals surface area (Å²) in [4.78, 5) is 0. The summed E-state index contributed by atoms with van der Waals surface area (Å²) in [5.74, 6) is 0. The normalized spacial score (nSPS) is 21.9. The van der Waals surface area contributed by atoms with E-state index in [1.807, 2.05) is 0 Å². The third kappa shape index (κ3) is 1.28. The van der Waals surface area contributed by atoms with Gasteiger partial charge in [0.15, 0.2) is 0 Å². The molecule has 15 heavy (non-hydrogen) atoms. The number of hydrogen-bond donors (Lipinski definition) is 0. The van der Waals surface area contributed by atoms with Gasteiger partial charge in [0, 0.05) is 20.6 Å². The second-order valence-electron chi connectivity index (χ2n) is 5.02. The third-order valence-corrected chi connectivity index (χ3v) is 3.89. The molecule has 2 nitrogen and oxygen atoms in total. The van der Waals surface area contributed by atoms with Crippen LogP contribution in [0, 0.1) is 0 Å². The molecular weight excluding hydrogens is 184 g/mol. The van der Waals surface area contributed by atoms with Gasteiger partial charge in [-0.3, -0.25) is 0 Å². The average molecular weight is 202 g/mol. The minimum absolute atomic E-state index is 0.559. The van der Waals surface area contributed by atoms with Gasteiger partial charge in [-0.2, -0.15) is 0 Å². The van der Waals surface area contributed by atoms with Crippen LogP contribution in [0.25, 0.3) is 0 Å². The number of fused-ring (bicyclic) bond motifs is 2. The summed E-state index contributed by atoms with van der Waals surface area (Å²) in [7, 11) is 4.25. The fraction of sp³-hybridized carbons (Fsp3) is 0.538. The second kappa shape index (κ2) is 2.99. The Hall–Kier alpha value is -1.02. The number of hydrogen-bond acceptors (Lipinski definition) is 2. The van der Waals surface area contributed by atoms with Crippen LogP contribution in [-0.4, -0.2) is 25.6 Å². The van der Waals surface area contributed by atoms with E-state index in [0.29, 0.717) is 5.41 Å². The first-order chi connectivity index (χ1) is 7.23. The van der Waals surface area contributed by atoms with Crippen molar-refractivity contribution in [2.24, 2.45) is 0 Å². The first-order valence-corrected chi connectivity index (χ1v) is 5.77. The lowest BCUT2D eigenvalue weighted by molar-refractivity contribution is 0.343. The van der Waals surface area contributed by atoms with Gasteiger partial charge in [-0.15, -0.1) is 0 Å². The Bertz CT molecular complexity index is 380. The largest absolute Gasteiger partial charge is 0.306 e. The van der Waals surface area contributed by atoms with Crippen LogP contribution in [0.4, 0.5) is 5.69 Å². The quantitative estimate of drug-likeness (QED) is 0.690. The number of benzene rings is 1. The number of anilines is 1. The Kier molecular flexibility index (Phi) is 1.84. The highest BCUT2D eigenvalue weighted by Gasteiger charge is 2.48. The van der Waals surface area contributed by atoms with Crippen molar-refractivity contribution in [3.05, 3.63) is 29.8 Å². The molecule has 80 valence electrons. The van der Waals surface area contributed by atoms with Crippen molar-refractivity contribution < 1.29 is 0 Å². The zero-order valence-corrected chi connectivity index (χ0v) is 9.53. The van der Waals surface area contributed by atoms with E-state index < -0.39 is 0 Å². The van der Waals surface area contributed by atoms with E-state index in [0.717, 1.165) is 0 Å².